The van der Waals surface area contributed by atoms with E-state index in [4.69, 9.17) is 0 Å². The van der Waals surface area contributed by atoms with Crippen molar-refractivity contribution in [3.63, 3.8) is 0 Å². The standard InChI is InChI=1S/C7H10BrN7O2S/c1-4(6-9-3-10-12-6)13-18(16,17)7-5(8)11-14-15(7)2/h3-4,13H,1-2H3,(H,9,10,12). The van der Waals surface area contributed by atoms with Crippen LogP contribution in [0.25, 0.3) is 0 Å². The van der Waals surface area contributed by atoms with Gasteiger partial charge in [-0.15, -0.1) is 5.10 Å². The summed E-state index contributed by atoms with van der Waals surface area (Å²) in [5.41, 5.74) is 0. The molecule has 2 N–H and O–H groups in total. The van der Waals surface area contributed by atoms with E-state index in [-0.39, 0.29) is 9.63 Å². The van der Waals surface area contributed by atoms with Crippen LogP contribution in [-0.2, 0) is 17.1 Å². The Morgan fingerprint density at radius 2 is 2.28 bits per heavy atom. The number of aromatic nitrogens is 6. The largest absolute Gasteiger partial charge is 0.262 e. The van der Waals surface area contributed by atoms with Gasteiger partial charge in [0.15, 0.2) is 4.60 Å². The van der Waals surface area contributed by atoms with Crippen molar-refractivity contribution < 1.29 is 8.42 Å². The quantitative estimate of drug-likeness (QED) is 0.794. The summed E-state index contributed by atoms with van der Waals surface area (Å²) in [4.78, 5) is 3.88. The average Bonchev–Trinajstić information content (AvgIpc) is 2.87. The lowest BCUT2D eigenvalue weighted by Crippen LogP contribution is -2.29. The van der Waals surface area contributed by atoms with Crippen LogP contribution in [0.3, 0.4) is 0 Å². The fourth-order valence-electron chi connectivity index (χ4n) is 1.38. The minimum absolute atomic E-state index is 0.0473. The van der Waals surface area contributed by atoms with Gasteiger partial charge in [0.05, 0.1) is 6.04 Å². The molecule has 0 aromatic carbocycles. The number of H-pyrrole nitrogens is 1. The Hall–Kier alpha value is -1.33. The molecule has 0 fully saturated rings. The molecule has 0 aliphatic carbocycles. The monoisotopic (exact) mass is 335 g/mol. The molecule has 0 radical (unpaired) electrons. The number of rotatable bonds is 4. The molecule has 0 aliphatic heterocycles. The van der Waals surface area contributed by atoms with Gasteiger partial charge in [0.25, 0.3) is 10.0 Å². The van der Waals surface area contributed by atoms with Gasteiger partial charge in [0.1, 0.15) is 12.2 Å². The van der Waals surface area contributed by atoms with Crippen LogP contribution in [0.5, 0.6) is 0 Å². The molecule has 0 aliphatic rings. The van der Waals surface area contributed by atoms with Crippen LogP contribution in [0.1, 0.15) is 18.8 Å². The molecular weight excluding hydrogens is 326 g/mol. The average molecular weight is 336 g/mol. The molecule has 0 saturated heterocycles. The fraction of sp³-hybridized carbons (Fsp3) is 0.429. The van der Waals surface area contributed by atoms with Crippen molar-refractivity contribution in [2.75, 3.05) is 0 Å². The molecule has 9 nitrogen and oxygen atoms in total. The van der Waals surface area contributed by atoms with Gasteiger partial charge in [-0.05, 0) is 22.9 Å². The Kier molecular flexibility index (Phi) is 3.45. The van der Waals surface area contributed by atoms with Gasteiger partial charge in [-0.2, -0.15) is 9.82 Å². The summed E-state index contributed by atoms with van der Waals surface area (Å²) >= 11 is 3.04. The third-order valence-corrected chi connectivity index (χ3v) is 4.59. The Morgan fingerprint density at radius 3 is 2.78 bits per heavy atom. The highest BCUT2D eigenvalue weighted by molar-refractivity contribution is 9.10. The second kappa shape index (κ2) is 4.74. The van der Waals surface area contributed by atoms with Crippen molar-refractivity contribution in [2.24, 2.45) is 7.05 Å². The molecule has 18 heavy (non-hydrogen) atoms. The Labute approximate surface area is 111 Å². The van der Waals surface area contributed by atoms with E-state index in [1.54, 1.807) is 6.92 Å². The van der Waals surface area contributed by atoms with Crippen LogP contribution in [0, 0.1) is 0 Å². The number of nitrogens with zero attached hydrogens (tertiary/aromatic N) is 5. The van der Waals surface area contributed by atoms with Gasteiger partial charge in [-0.25, -0.2) is 18.1 Å². The minimum atomic E-state index is -3.75. The molecular formula is C7H10BrN7O2S. The highest BCUT2D eigenvalue weighted by Crippen LogP contribution is 2.19. The lowest BCUT2D eigenvalue weighted by molar-refractivity contribution is 0.542. The zero-order valence-electron chi connectivity index (χ0n) is 9.49. The Balaban J connectivity index is 2.28. The molecule has 0 saturated carbocycles. The first kappa shape index (κ1) is 13.1. The van der Waals surface area contributed by atoms with Crippen LogP contribution in [0.15, 0.2) is 16.0 Å². The summed E-state index contributed by atoms with van der Waals surface area (Å²) in [6.45, 7) is 1.65. The molecule has 11 heteroatoms. The summed E-state index contributed by atoms with van der Waals surface area (Å²) in [7, 11) is -2.26. The van der Waals surface area contributed by atoms with Crippen molar-refractivity contribution in [1.29, 1.82) is 0 Å². The van der Waals surface area contributed by atoms with Gasteiger partial charge in [0, 0.05) is 7.05 Å². The predicted octanol–water partition coefficient (Wildman–Crippen LogP) is -0.265. The molecule has 0 spiro atoms. The Morgan fingerprint density at radius 1 is 1.56 bits per heavy atom. The zero-order valence-corrected chi connectivity index (χ0v) is 11.9. The van der Waals surface area contributed by atoms with E-state index in [2.05, 4.69) is 46.1 Å². The normalized spacial score (nSPS) is 13.7. The number of sulfonamides is 1. The van der Waals surface area contributed by atoms with Crippen LogP contribution in [-0.4, -0.2) is 38.6 Å². The van der Waals surface area contributed by atoms with E-state index >= 15 is 0 Å². The highest BCUT2D eigenvalue weighted by atomic mass is 79.9. The number of halogens is 1. The maximum Gasteiger partial charge on any atom is 0.261 e. The van der Waals surface area contributed by atoms with E-state index < -0.39 is 16.1 Å². The molecule has 1 unspecified atom stereocenters. The van der Waals surface area contributed by atoms with Crippen LogP contribution in [0.4, 0.5) is 0 Å². The number of hydrogen-bond donors (Lipinski definition) is 2. The SMILES string of the molecule is CC(NS(=O)(=O)c1c(Br)nnn1C)c1ncn[nH]1. The molecule has 0 amide bonds. The summed E-state index contributed by atoms with van der Waals surface area (Å²) in [6, 6.07) is -0.542. The minimum Gasteiger partial charge on any atom is -0.262 e. The van der Waals surface area contributed by atoms with Crippen molar-refractivity contribution in [3.8, 4) is 0 Å². The number of aryl methyl sites for hydroxylation is 1. The third-order valence-electron chi connectivity index (χ3n) is 2.17. The second-order valence-corrected chi connectivity index (χ2v) is 5.90. The fourth-order valence-corrected chi connectivity index (χ4v) is 3.68. The molecule has 1 atom stereocenters. The van der Waals surface area contributed by atoms with Gasteiger partial charge < -0.3 is 0 Å². The van der Waals surface area contributed by atoms with Crippen LogP contribution >= 0.6 is 15.9 Å². The van der Waals surface area contributed by atoms with Crippen molar-refractivity contribution in [1.82, 2.24) is 34.9 Å². The van der Waals surface area contributed by atoms with E-state index in [1.165, 1.54) is 18.1 Å². The second-order valence-electron chi connectivity index (χ2n) is 3.52. The summed E-state index contributed by atoms with van der Waals surface area (Å²) < 4.78 is 28.0. The van der Waals surface area contributed by atoms with Gasteiger partial charge in [-0.3, -0.25) is 5.10 Å². The zero-order chi connectivity index (χ0) is 13.3. The summed E-state index contributed by atoms with van der Waals surface area (Å²) in [6.07, 6.45) is 1.31. The third kappa shape index (κ3) is 2.42. The molecule has 0 bridgehead atoms. The van der Waals surface area contributed by atoms with Crippen LogP contribution in [0.2, 0.25) is 0 Å². The topological polar surface area (TPSA) is 118 Å². The van der Waals surface area contributed by atoms with Crippen molar-refractivity contribution in [2.45, 2.75) is 18.0 Å². The van der Waals surface area contributed by atoms with E-state index in [9.17, 15) is 8.42 Å². The van der Waals surface area contributed by atoms with E-state index in [1.807, 2.05) is 0 Å². The summed E-state index contributed by atoms with van der Waals surface area (Å²) in [5.74, 6) is 0.421. The molecule has 98 valence electrons. The number of hydrogen-bond acceptors (Lipinski definition) is 6. The van der Waals surface area contributed by atoms with Crippen molar-refractivity contribution >= 4 is 26.0 Å². The lowest BCUT2D eigenvalue weighted by Gasteiger charge is -2.11. The Bertz CT molecular complexity index is 615. The van der Waals surface area contributed by atoms with Gasteiger partial charge in [0.2, 0.25) is 5.03 Å². The molecule has 2 aromatic heterocycles. The number of aromatic amines is 1. The molecule has 2 heterocycles. The molecule has 2 rings (SSSR count). The number of nitrogens with one attached hydrogen (secondary N) is 2. The predicted molar refractivity (Wildman–Crippen MR) is 63.8 cm³/mol. The summed E-state index contributed by atoms with van der Waals surface area (Å²) in [5, 5.41) is 13.5. The van der Waals surface area contributed by atoms with Gasteiger partial charge in [-0.1, -0.05) is 5.21 Å². The smallest absolute Gasteiger partial charge is 0.261 e. The van der Waals surface area contributed by atoms with E-state index in [0.717, 1.165) is 0 Å². The highest BCUT2D eigenvalue weighted by Gasteiger charge is 2.26. The van der Waals surface area contributed by atoms with Gasteiger partial charge >= 0.3 is 0 Å². The first-order valence-corrected chi connectivity index (χ1v) is 7.12. The maximum atomic E-state index is 12.1. The maximum absolute atomic E-state index is 12.1. The first-order chi connectivity index (χ1) is 8.42. The van der Waals surface area contributed by atoms with Crippen molar-refractivity contribution in [3.05, 3.63) is 16.8 Å². The van der Waals surface area contributed by atoms with E-state index in [0.29, 0.717) is 5.82 Å². The molecule has 2 aromatic rings. The lowest BCUT2D eigenvalue weighted by atomic mass is 10.3. The first-order valence-electron chi connectivity index (χ1n) is 4.84. The van der Waals surface area contributed by atoms with Crippen LogP contribution < -0.4 is 4.72 Å².